The van der Waals surface area contributed by atoms with Crippen LogP contribution in [-0.4, -0.2) is 45.3 Å². The molecule has 9 nitrogen and oxygen atoms in total. The molecule has 12 heteroatoms. The lowest BCUT2D eigenvalue weighted by Crippen LogP contribution is -2.29. The molecule has 0 radical (unpaired) electrons. The number of carbonyl (C=O) groups is 2. The number of halogens is 1. The van der Waals surface area contributed by atoms with Crippen LogP contribution in [0.3, 0.4) is 0 Å². The van der Waals surface area contributed by atoms with Crippen LogP contribution in [0.5, 0.6) is 17.2 Å². The first-order valence-electron chi connectivity index (χ1n) is 12.1. The molecule has 0 bridgehead atoms. The van der Waals surface area contributed by atoms with Gasteiger partial charge in [-0.05, 0) is 53.6 Å². The number of aromatic hydroxyl groups is 1. The topological polar surface area (TPSA) is 122 Å². The predicted molar refractivity (Wildman–Crippen MR) is 146 cm³/mol. The van der Waals surface area contributed by atoms with Gasteiger partial charge in [0.15, 0.2) is 15.8 Å². The number of hydrogen-bond donors (Lipinski definition) is 2. The number of phenols is 1. The molecule has 3 heterocycles. The fourth-order valence-electron chi connectivity index (χ4n) is 4.47. The molecule has 1 aromatic heterocycles. The first-order chi connectivity index (χ1) is 19.4. The van der Waals surface area contributed by atoms with Gasteiger partial charge in [-0.3, -0.25) is 14.5 Å². The number of anilines is 1. The van der Waals surface area contributed by atoms with Gasteiger partial charge in [-0.15, -0.1) is 10.2 Å². The van der Waals surface area contributed by atoms with Crippen LogP contribution in [-0.2, 0) is 15.3 Å². The van der Waals surface area contributed by atoms with E-state index in [1.54, 1.807) is 42.5 Å². The second kappa shape index (κ2) is 10.6. The van der Waals surface area contributed by atoms with Crippen LogP contribution >= 0.6 is 23.1 Å². The molecular formula is C28H20FN3O6S2. The number of aliphatic hydroxyl groups is 1. The highest BCUT2D eigenvalue weighted by atomic mass is 32.2. The Balaban J connectivity index is 1.38. The van der Waals surface area contributed by atoms with Crippen LogP contribution in [0, 0.1) is 5.82 Å². The lowest BCUT2D eigenvalue weighted by molar-refractivity contribution is -0.132. The van der Waals surface area contributed by atoms with Crippen molar-refractivity contribution in [2.24, 2.45) is 0 Å². The Morgan fingerprint density at radius 3 is 2.58 bits per heavy atom. The molecule has 1 unspecified atom stereocenters. The van der Waals surface area contributed by atoms with Gasteiger partial charge in [-0.25, -0.2) is 4.39 Å². The van der Waals surface area contributed by atoms with Crippen LogP contribution in [0.2, 0.25) is 0 Å². The number of fused-ring (bicyclic) bond motifs is 1. The number of ketones is 1. The number of phenolic OH excluding ortho intramolecular Hbond substituents is 1. The summed E-state index contributed by atoms with van der Waals surface area (Å²) in [5, 5.41) is 30.0. The van der Waals surface area contributed by atoms with Crippen molar-refractivity contribution in [2.45, 2.75) is 16.1 Å². The number of Topliss-reactive ketones (excluding diaryl/α,β-unsaturated/α-hetero) is 1. The molecule has 40 heavy (non-hydrogen) atoms. The zero-order valence-corrected chi connectivity index (χ0v) is 22.2. The van der Waals surface area contributed by atoms with E-state index in [1.165, 1.54) is 40.9 Å². The van der Waals surface area contributed by atoms with Crippen LogP contribution < -0.4 is 14.4 Å². The Hall–Kier alpha value is -4.42. The maximum absolute atomic E-state index is 13.4. The molecule has 0 aliphatic carbocycles. The molecule has 202 valence electrons. The number of aromatic nitrogens is 2. The Kier molecular flexibility index (Phi) is 6.86. The zero-order valence-electron chi connectivity index (χ0n) is 20.6. The van der Waals surface area contributed by atoms with E-state index < -0.39 is 23.5 Å². The third-order valence-electron chi connectivity index (χ3n) is 6.32. The molecule has 1 saturated heterocycles. The lowest BCUT2D eigenvalue weighted by atomic mass is 9.95. The number of carbonyl (C=O) groups excluding carboxylic acids is 2. The van der Waals surface area contributed by atoms with Crippen LogP contribution in [0.4, 0.5) is 9.52 Å². The predicted octanol–water partition coefficient (Wildman–Crippen LogP) is 5.07. The summed E-state index contributed by atoms with van der Waals surface area (Å²) in [7, 11) is 0. The average molecular weight is 578 g/mol. The maximum Gasteiger partial charge on any atom is 0.301 e. The van der Waals surface area contributed by atoms with Crippen molar-refractivity contribution in [2.75, 3.05) is 18.1 Å². The van der Waals surface area contributed by atoms with Crippen molar-refractivity contribution in [1.29, 1.82) is 0 Å². The Morgan fingerprint density at radius 2 is 1.80 bits per heavy atom. The highest BCUT2D eigenvalue weighted by Crippen LogP contribution is 2.45. The summed E-state index contributed by atoms with van der Waals surface area (Å²) >= 11 is 2.46. The summed E-state index contributed by atoms with van der Waals surface area (Å²) in [6, 6.07) is 15.9. The highest BCUT2D eigenvalue weighted by Gasteiger charge is 2.48. The van der Waals surface area contributed by atoms with Gasteiger partial charge in [0.05, 0.1) is 11.6 Å². The van der Waals surface area contributed by atoms with Gasteiger partial charge in [0.2, 0.25) is 5.13 Å². The zero-order chi connectivity index (χ0) is 27.8. The fraction of sp³-hybridized carbons (Fsp3) is 0.143. The van der Waals surface area contributed by atoms with E-state index in [0.717, 1.165) is 16.9 Å². The summed E-state index contributed by atoms with van der Waals surface area (Å²) < 4.78 is 24.9. The van der Waals surface area contributed by atoms with Gasteiger partial charge in [-0.2, -0.15) is 0 Å². The molecule has 4 aromatic rings. The standard InChI is InChI=1S/C28H20FN3O6S2/c29-18-7-4-15(5-8-18)14-39-28-31-30-27(40-28)32-23(16-2-1-3-19(33)12-16)22(25(35)26(32)36)24(34)17-6-9-20-21(13-17)38-11-10-37-20/h1-9,12-13,23,33-34H,10-11,14H2. The number of rotatable bonds is 6. The molecule has 1 amide bonds. The maximum atomic E-state index is 13.4. The molecule has 0 spiro atoms. The number of thioether (sulfide) groups is 1. The van der Waals surface area contributed by atoms with E-state index in [2.05, 4.69) is 10.2 Å². The first kappa shape index (κ1) is 25.8. The van der Waals surface area contributed by atoms with Crippen molar-refractivity contribution in [1.82, 2.24) is 10.2 Å². The molecular weight excluding hydrogens is 557 g/mol. The van der Waals surface area contributed by atoms with Gasteiger partial charge in [0.1, 0.15) is 30.5 Å². The average Bonchev–Trinajstić information content (AvgIpc) is 3.54. The molecule has 6 rings (SSSR count). The van der Waals surface area contributed by atoms with Gasteiger partial charge >= 0.3 is 5.91 Å². The molecule has 2 aliphatic heterocycles. The summed E-state index contributed by atoms with van der Waals surface area (Å²) in [6.45, 7) is 0.733. The lowest BCUT2D eigenvalue weighted by Gasteiger charge is -2.23. The molecule has 1 fully saturated rings. The number of ether oxygens (including phenoxy) is 2. The summed E-state index contributed by atoms with van der Waals surface area (Å²) in [4.78, 5) is 28.0. The number of aliphatic hydroxyl groups excluding tert-OH is 1. The SMILES string of the molecule is O=C1C(=O)N(c2nnc(SCc3ccc(F)cc3)s2)C(c2cccc(O)c2)C1=C(O)c1ccc2c(c1)OCCO2. The van der Waals surface area contributed by atoms with Crippen molar-refractivity contribution >= 4 is 45.7 Å². The Labute approximate surface area is 235 Å². The monoisotopic (exact) mass is 577 g/mol. The second-order valence-electron chi connectivity index (χ2n) is 8.89. The largest absolute Gasteiger partial charge is 0.508 e. The molecule has 2 N–H and O–H groups in total. The van der Waals surface area contributed by atoms with E-state index in [1.807, 2.05) is 0 Å². The Bertz CT molecular complexity index is 1660. The van der Waals surface area contributed by atoms with E-state index in [0.29, 0.717) is 40.4 Å². The first-order valence-corrected chi connectivity index (χ1v) is 13.9. The van der Waals surface area contributed by atoms with E-state index in [9.17, 15) is 24.2 Å². The van der Waals surface area contributed by atoms with Gasteiger partial charge in [0.25, 0.3) is 5.78 Å². The third-order valence-corrected chi connectivity index (χ3v) is 8.45. The van der Waals surface area contributed by atoms with Crippen molar-refractivity contribution < 1.29 is 33.7 Å². The Morgan fingerprint density at radius 1 is 1.02 bits per heavy atom. The van der Waals surface area contributed by atoms with Crippen LogP contribution in [0.1, 0.15) is 22.7 Å². The van der Waals surface area contributed by atoms with Gasteiger partial charge < -0.3 is 19.7 Å². The van der Waals surface area contributed by atoms with E-state index in [4.69, 9.17) is 9.47 Å². The van der Waals surface area contributed by atoms with Crippen molar-refractivity contribution in [3.05, 3.63) is 94.8 Å². The minimum absolute atomic E-state index is 0.0739. The van der Waals surface area contributed by atoms with Crippen molar-refractivity contribution in [3.63, 3.8) is 0 Å². The minimum atomic E-state index is -1.08. The van der Waals surface area contributed by atoms with Crippen molar-refractivity contribution in [3.8, 4) is 17.2 Å². The molecule has 0 saturated carbocycles. The quantitative estimate of drug-likeness (QED) is 0.106. The molecule has 2 aliphatic rings. The van der Waals surface area contributed by atoms with E-state index in [-0.39, 0.29) is 27.8 Å². The summed E-state index contributed by atoms with van der Waals surface area (Å²) in [6.07, 6.45) is 0. The minimum Gasteiger partial charge on any atom is -0.508 e. The number of benzene rings is 3. The number of hydrogen-bond acceptors (Lipinski definition) is 10. The third kappa shape index (κ3) is 4.87. The number of nitrogens with zero attached hydrogens (tertiary/aromatic N) is 3. The fourth-order valence-corrected chi connectivity index (χ4v) is 6.29. The highest BCUT2D eigenvalue weighted by molar-refractivity contribution is 8.00. The number of amides is 1. The molecule has 1 atom stereocenters. The molecule has 3 aromatic carbocycles. The van der Waals surface area contributed by atoms with E-state index >= 15 is 0 Å². The van der Waals surface area contributed by atoms with Crippen LogP contribution in [0.25, 0.3) is 5.76 Å². The van der Waals surface area contributed by atoms with Gasteiger partial charge in [-0.1, -0.05) is 47.4 Å². The normalized spacial score (nSPS) is 17.8. The smallest absolute Gasteiger partial charge is 0.301 e. The second-order valence-corrected chi connectivity index (χ2v) is 11.1. The van der Waals surface area contributed by atoms with Crippen LogP contribution in [0.15, 0.2) is 76.6 Å². The summed E-state index contributed by atoms with van der Waals surface area (Å²) in [5.41, 5.74) is 1.37. The van der Waals surface area contributed by atoms with Gasteiger partial charge in [0, 0.05) is 11.3 Å². The summed E-state index contributed by atoms with van der Waals surface area (Å²) in [5.74, 6) is -1.19.